The van der Waals surface area contributed by atoms with Crippen LogP contribution in [-0.4, -0.2) is 24.4 Å². The maximum atomic E-state index is 12.5. The van der Waals surface area contributed by atoms with Crippen LogP contribution in [0.25, 0.3) is 10.8 Å². The quantitative estimate of drug-likeness (QED) is 0.608. The number of hydrogen-bond donors (Lipinski definition) is 1. The molecule has 152 valence electrons. The highest BCUT2D eigenvalue weighted by atomic mass is 19.1. The maximum Gasteiger partial charge on any atom is 0.207 e. The molecule has 2 fully saturated rings. The van der Waals surface area contributed by atoms with Crippen molar-refractivity contribution in [1.82, 2.24) is 10.2 Å². The summed E-state index contributed by atoms with van der Waals surface area (Å²) >= 11 is 0. The van der Waals surface area contributed by atoms with E-state index in [0.29, 0.717) is 19.0 Å². The molecule has 1 N–H and O–H groups in total. The molecule has 3 aromatic carbocycles. The monoisotopic (exact) mass is 392 g/mol. The zero-order valence-corrected chi connectivity index (χ0v) is 16.7. The lowest BCUT2D eigenvalue weighted by Crippen LogP contribution is -2.26. The summed E-state index contributed by atoms with van der Waals surface area (Å²) in [6, 6.07) is 22.1. The average Bonchev–Trinajstić information content (AvgIpc) is 3.36. The standard InChI is InChI=1S/C17H19N.C8H8FNO.H2/c1-12(18-10-14-9-15(14)11-18)16-8-4-6-13-5-2-3-7-17(13)16;9-8-3-1-2-7(4-8)5-10-6-11;/h2-8,12,14-15H,9-11H2,1H3;1-4,6H,5H2,(H,10,11);1H/t12?,14-,15+;;. The minimum Gasteiger partial charge on any atom is -0.355 e. The molecule has 3 nitrogen and oxygen atoms in total. The molecule has 1 saturated carbocycles. The van der Waals surface area contributed by atoms with Crippen LogP contribution in [0, 0.1) is 17.7 Å². The number of hydrogen-bond acceptors (Lipinski definition) is 2. The molecule has 2 aliphatic rings. The summed E-state index contributed by atoms with van der Waals surface area (Å²) in [5.41, 5.74) is 2.26. The molecule has 1 amide bonds. The van der Waals surface area contributed by atoms with E-state index in [9.17, 15) is 9.18 Å². The van der Waals surface area contributed by atoms with Gasteiger partial charge < -0.3 is 5.32 Å². The fourth-order valence-corrected chi connectivity index (χ4v) is 4.37. The largest absolute Gasteiger partial charge is 0.355 e. The van der Waals surface area contributed by atoms with Gasteiger partial charge in [0.15, 0.2) is 0 Å². The number of fused-ring (bicyclic) bond motifs is 2. The van der Waals surface area contributed by atoms with E-state index in [1.165, 1.54) is 48.0 Å². The van der Waals surface area contributed by atoms with Gasteiger partial charge in [-0.1, -0.05) is 54.6 Å². The Bertz CT molecular complexity index is 980. The second kappa shape index (κ2) is 8.75. The first-order valence-electron chi connectivity index (χ1n) is 10.3. The number of carbonyl (C=O) groups excluding carboxylic acids is 1. The molecular weight excluding hydrogens is 363 g/mol. The number of halogens is 1. The van der Waals surface area contributed by atoms with Crippen LogP contribution in [0.4, 0.5) is 4.39 Å². The lowest BCUT2D eigenvalue weighted by molar-refractivity contribution is -0.109. The molecule has 1 aliphatic heterocycles. The number of carbonyl (C=O) groups is 1. The summed E-state index contributed by atoms with van der Waals surface area (Å²) in [7, 11) is 0. The van der Waals surface area contributed by atoms with Crippen LogP contribution in [0.15, 0.2) is 66.7 Å². The zero-order valence-electron chi connectivity index (χ0n) is 16.7. The third-order valence-electron chi connectivity index (χ3n) is 6.11. The summed E-state index contributed by atoms with van der Waals surface area (Å²) in [6.45, 7) is 5.37. The minimum atomic E-state index is -0.282. The highest BCUT2D eigenvalue weighted by Gasteiger charge is 2.46. The summed E-state index contributed by atoms with van der Waals surface area (Å²) in [5, 5.41) is 5.24. The Hall–Kier alpha value is -2.72. The van der Waals surface area contributed by atoms with Crippen molar-refractivity contribution in [1.29, 1.82) is 0 Å². The SMILES string of the molecule is CC(c1cccc2ccccc12)N1C[C@H]2C[C@H]2C1.O=CNCc1cccc(F)c1.[HH]. The number of nitrogens with zero attached hydrogens (tertiary/aromatic N) is 1. The minimum absolute atomic E-state index is 0. The van der Waals surface area contributed by atoms with Gasteiger partial charge in [-0.15, -0.1) is 0 Å². The van der Waals surface area contributed by atoms with Crippen LogP contribution >= 0.6 is 0 Å². The molecule has 3 atom stereocenters. The fourth-order valence-electron chi connectivity index (χ4n) is 4.37. The van der Waals surface area contributed by atoms with Crippen molar-refractivity contribution in [2.45, 2.75) is 25.9 Å². The molecule has 1 heterocycles. The topological polar surface area (TPSA) is 32.3 Å². The van der Waals surface area contributed by atoms with Crippen LogP contribution < -0.4 is 5.32 Å². The van der Waals surface area contributed by atoms with E-state index < -0.39 is 0 Å². The third-order valence-corrected chi connectivity index (χ3v) is 6.11. The molecule has 3 aromatic rings. The van der Waals surface area contributed by atoms with Gasteiger partial charge in [-0.3, -0.25) is 9.69 Å². The number of benzene rings is 3. The predicted octanol–water partition coefficient (Wildman–Crippen LogP) is 5.17. The Labute approximate surface area is 173 Å². The lowest BCUT2D eigenvalue weighted by Gasteiger charge is -2.27. The first kappa shape index (κ1) is 19.6. The van der Waals surface area contributed by atoms with Gasteiger partial charge in [-0.2, -0.15) is 0 Å². The summed E-state index contributed by atoms with van der Waals surface area (Å²) in [6.07, 6.45) is 2.07. The van der Waals surface area contributed by atoms with E-state index in [4.69, 9.17) is 0 Å². The van der Waals surface area contributed by atoms with Crippen molar-refractivity contribution in [3.63, 3.8) is 0 Å². The van der Waals surface area contributed by atoms with E-state index >= 15 is 0 Å². The van der Waals surface area contributed by atoms with E-state index in [1.54, 1.807) is 12.1 Å². The second-order valence-corrected chi connectivity index (χ2v) is 8.08. The molecule has 0 aromatic heterocycles. The third kappa shape index (κ3) is 4.65. The van der Waals surface area contributed by atoms with E-state index in [2.05, 4.69) is 59.6 Å². The van der Waals surface area contributed by atoms with Crippen molar-refractivity contribution in [3.8, 4) is 0 Å². The first-order chi connectivity index (χ1) is 14.2. The summed E-state index contributed by atoms with van der Waals surface area (Å²) < 4.78 is 12.5. The molecule has 1 unspecified atom stereocenters. The normalized spacial score (nSPS) is 21.0. The number of piperidine rings is 1. The smallest absolute Gasteiger partial charge is 0.207 e. The fraction of sp³-hybridized carbons (Fsp3) is 0.320. The number of likely N-dealkylation sites (tertiary alicyclic amines) is 1. The average molecular weight is 393 g/mol. The highest BCUT2D eigenvalue weighted by Crippen LogP contribution is 2.47. The molecule has 1 saturated heterocycles. The molecule has 0 spiro atoms. The molecular formula is C25H29FN2O. The Morgan fingerprint density at radius 3 is 2.59 bits per heavy atom. The number of amides is 1. The van der Waals surface area contributed by atoms with E-state index in [-0.39, 0.29) is 7.24 Å². The highest BCUT2D eigenvalue weighted by molar-refractivity contribution is 5.86. The number of rotatable bonds is 5. The Kier molecular flexibility index (Phi) is 5.91. The summed E-state index contributed by atoms with van der Waals surface area (Å²) in [4.78, 5) is 12.5. The molecule has 5 rings (SSSR count). The van der Waals surface area contributed by atoms with Crippen molar-refractivity contribution in [2.75, 3.05) is 13.1 Å². The molecule has 29 heavy (non-hydrogen) atoms. The number of nitrogens with one attached hydrogen (secondary N) is 1. The van der Waals surface area contributed by atoms with Crippen LogP contribution in [0.2, 0.25) is 0 Å². The molecule has 4 heteroatoms. The lowest BCUT2D eigenvalue weighted by atomic mass is 9.99. The summed E-state index contributed by atoms with van der Waals surface area (Å²) in [5.74, 6) is 1.75. The van der Waals surface area contributed by atoms with Crippen LogP contribution in [0.3, 0.4) is 0 Å². The van der Waals surface area contributed by atoms with E-state index in [1.807, 2.05) is 0 Å². The van der Waals surface area contributed by atoms with Gasteiger partial charge in [0.2, 0.25) is 6.41 Å². The molecule has 1 aliphatic carbocycles. The first-order valence-corrected chi connectivity index (χ1v) is 10.3. The Balaban J connectivity index is 0.000000186. The Morgan fingerprint density at radius 1 is 1.10 bits per heavy atom. The second-order valence-electron chi connectivity index (χ2n) is 8.08. The van der Waals surface area contributed by atoms with Crippen molar-refractivity contribution in [3.05, 3.63) is 83.7 Å². The van der Waals surface area contributed by atoms with Crippen molar-refractivity contribution >= 4 is 17.2 Å². The van der Waals surface area contributed by atoms with Crippen LogP contribution in [0.1, 0.15) is 31.9 Å². The predicted molar refractivity (Wildman–Crippen MR) is 117 cm³/mol. The molecule has 0 bridgehead atoms. The van der Waals surface area contributed by atoms with Crippen molar-refractivity contribution in [2.24, 2.45) is 11.8 Å². The van der Waals surface area contributed by atoms with Gasteiger partial charge in [0.1, 0.15) is 5.82 Å². The van der Waals surface area contributed by atoms with E-state index in [0.717, 1.165) is 17.4 Å². The van der Waals surface area contributed by atoms with Gasteiger partial charge in [-0.05, 0) is 59.2 Å². The maximum absolute atomic E-state index is 12.5. The van der Waals surface area contributed by atoms with Gasteiger partial charge in [0.25, 0.3) is 0 Å². The van der Waals surface area contributed by atoms with Gasteiger partial charge in [0, 0.05) is 27.1 Å². The van der Waals surface area contributed by atoms with Crippen LogP contribution in [0.5, 0.6) is 0 Å². The zero-order chi connectivity index (χ0) is 20.2. The van der Waals surface area contributed by atoms with Gasteiger partial charge in [0.05, 0.1) is 0 Å². The Morgan fingerprint density at radius 2 is 1.83 bits per heavy atom. The van der Waals surface area contributed by atoms with Gasteiger partial charge in [-0.25, -0.2) is 4.39 Å². The molecule has 0 radical (unpaired) electrons. The van der Waals surface area contributed by atoms with Gasteiger partial charge >= 0.3 is 0 Å². The van der Waals surface area contributed by atoms with Crippen LogP contribution in [-0.2, 0) is 11.3 Å². The van der Waals surface area contributed by atoms with Crippen molar-refractivity contribution < 1.29 is 10.6 Å².